The molecule has 34 heavy (non-hydrogen) atoms. The molecule has 0 saturated heterocycles. The average molecular weight is 504 g/mol. The van der Waals surface area contributed by atoms with E-state index in [1.807, 2.05) is 49.4 Å². The Kier molecular flexibility index (Phi) is 9.39. The van der Waals surface area contributed by atoms with Crippen molar-refractivity contribution in [2.24, 2.45) is 0 Å². The van der Waals surface area contributed by atoms with Crippen LogP contribution in [-0.4, -0.2) is 48.5 Å². The number of amides is 3. The summed E-state index contributed by atoms with van der Waals surface area (Å²) in [6, 6.07) is 17.7. The van der Waals surface area contributed by atoms with Crippen molar-refractivity contribution < 1.29 is 18.7 Å². The summed E-state index contributed by atoms with van der Waals surface area (Å²) < 4.78 is 10.8. The van der Waals surface area contributed by atoms with E-state index in [9.17, 15) is 9.59 Å². The average Bonchev–Trinajstić information content (AvgIpc) is 3.23. The highest BCUT2D eigenvalue weighted by molar-refractivity contribution is 6.42. The second-order valence-corrected chi connectivity index (χ2v) is 8.54. The second kappa shape index (κ2) is 12.5. The molecule has 0 saturated carbocycles. The third-order valence-electron chi connectivity index (χ3n) is 5.06. The van der Waals surface area contributed by atoms with Crippen LogP contribution in [0.3, 0.4) is 0 Å². The van der Waals surface area contributed by atoms with Gasteiger partial charge in [0, 0.05) is 25.9 Å². The van der Waals surface area contributed by atoms with Gasteiger partial charge in [-0.2, -0.15) is 0 Å². The molecule has 0 aliphatic heterocycles. The maximum Gasteiger partial charge on any atom is 0.322 e. The standard InChI is InChI=1S/C25H27Cl2N3O4/c1-18-8-10-21(34-18)16-30(15-19-6-4-3-5-7-19)24(31)17-29(12-13-33-2)25(32)28-20-9-11-22(26)23(27)14-20/h3-11,14H,12-13,15-17H2,1-2H3,(H,28,32). The van der Waals surface area contributed by atoms with Crippen molar-refractivity contribution >= 4 is 40.8 Å². The molecule has 1 N–H and O–H groups in total. The number of nitrogens with one attached hydrogen (secondary N) is 1. The van der Waals surface area contributed by atoms with Gasteiger partial charge in [-0.05, 0) is 42.8 Å². The number of carbonyl (C=O) groups excluding carboxylic acids is 2. The number of nitrogens with zero attached hydrogens (tertiary/aromatic N) is 2. The van der Waals surface area contributed by atoms with Crippen LogP contribution in [0.15, 0.2) is 65.1 Å². The number of urea groups is 1. The number of anilines is 1. The number of ether oxygens (including phenoxy) is 1. The van der Waals surface area contributed by atoms with E-state index in [-0.39, 0.29) is 32.1 Å². The molecular formula is C25H27Cl2N3O4. The van der Waals surface area contributed by atoms with E-state index in [0.717, 1.165) is 11.3 Å². The summed E-state index contributed by atoms with van der Waals surface area (Å²) >= 11 is 12.0. The number of furan rings is 1. The minimum Gasteiger partial charge on any atom is -0.464 e. The van der Waals surface area contributed by atoms with Gasteiger partial charge in [-0.15, -0.1) is 0 Å². The normalized spacial score (nSPS) is 10.7. The highest BCUT2D eigenvalue weighted by Gasteiger charge is 2.23. The third kappa shape index (κ3) is 7.52. The molecule has 0 fully saturated rings. The SMILES string of the molecule is COCCN(CC(=O)N(Cc1ccccc1)Cc1ccc(C)o1)C(=O)Nc1ccc(Cl)c(Cl)c1. The van der Waals surface area contributed by atoms with E-state index >= 15 is 0 Å². The fraction of sp³-hybridized carbons (Fsp3) is 0.280. The van der Waals surface area contributed by atoms with Crippen molar-refractivity contribution in [1.82, 2.24) is 9.80 Å². The molecule has 3 amide bonds. The number of carbonyl (C=O) groups is 2. The summed E-state index contributed by atoms with van der Waals surface area (Å²) in [5.74, 6) is 1.22. The van der Waals surface area contributed by atoms with Gasteiger partial charge in [-0.3, -0.25) is 4.79 Å². The Morgan fingerprint density at radius 3 is 2.38 bits per heavy atom. The number of methoxy groups -OCH3 is 1. The van der Waals surface area contributed by atoms with Gasteiger partial charge in [0.15, 0.2) is 0 Å². The van der Waals surface area contributed by atoms with Gasteiger partial charge in [0.1, 0.15) is 18.1 Å². The first-order chi connectivity index (χ1) is 16.4. The zero-order valence-corrected chi connectivity index (χ0v) is 20.6. The number of halogens is 2. The number of benzene rings is 2. The topological polar surface area (TPSA) is 75.0 Å². The summed E-state index contributed by atoms with van der Waals surface area (Å²) in [6.45, 7) is 2.89. The second-order valence-electron chi connectivity index (χ2n) is 7.72. The highest BCUT2D eigenvalue weighted by atomic mass is 35.5. The fourth-order valence-electron chi connectivity index (χ4n) is 3.29. The predicted molar refractivity (Wildman–Crippen MR) is 133 cm³/mol. The molecule has 180 valence electrons. The lowest BCUT2D eigenvalue weighted by atomic mass is 10.2. The Morgan fingerprint density at radius 2 is 1.74 bits per heavy atom. The smallest absolute Gasteiger partial charge is 0.322 e. The van der Waals surface area contributed by atoms with Gasteiger partial charge in [0.05, 0.1) is 23.2 Å². The first kappa shape index (κ1) is 25.6. The first-order valence-corrected chi connectivity index (χ1v) is 11.5. The molecule has 1 heterocycles. The highest BCUT2D eigenvalue weighted by Crippen LogP contribution is 2.25. The zero-order chi connectivity index (χ0) is 24.5. The van der Waals surface area contributed by atoms with Gasteiger partial charge >= 0.3 is 6.03 Å². The molecule has 2 aromatic carbocycles. The number of rotatable bonds is 10. The minimum atomic E-state index is -0.447. The predicted octanol–water partition coefficient (Wildman–Crippen LogP) is 5.60. The molecule has 7 nitrogen and oxygen atoms in total. The monoisotopic (exact) mass is 503 g/mol. The van der Waals surface area contributed by atoms with Crippen molar-refractivity contribution in [1.29, 1.82) is 0 Å². The van der Waals surface area contributed by atoms with E-state index in [2.05, 4.69) is 5.32 Å². The van der Waals surface area contributed by atoms with Crippen molar-refractivity contribution in [3.8, 4) is 0 Å². The number of hydrogen-bond donors (Lipinski definition) is 1. The van der Waals surface area contributed by atoms with Crippen LogP contribution < -0.4 is 5.32 Å². The Balaban J connectivity index is 1.75. The maximum absolute atomic E-state index is 13.4. The van der Waals surface area contributed by atoms with Crippen LogP contribution in [0.5, 0.6) is 0 Å². The van der Waals surface area contributed by atoms with E-state index in [0.29, 0.717) is 28.0 Å². The van der Waals surface area contributed by atoms with Gasteiger partial charge in [-0.1, -0.05) is 53.5 Å². The van der Waals surface area contributed by atoms with Gasteiger partial charge in [0.25, 0.3) is 0 Å². The largest absolute Gasteiger partial charge is 0.464 e. The third-order valence-corrected chi connectivity index (χ3v) is 5.80. The summed E-state index contributed by atoms with van der Waals surface area (Å²) in [6.07, 6.45) is 0. The van der Waals surface area contributed by atoms with Gasteiger partial charge in [-0.25, -0.2) is 4.79 Å². The van der Waals surface area contributed by atoms with E-state index in [4.69, 9.17) is 32.4 Å². The van der Waals surface area contributed by atoms with Crippen LogP contribution in [0.25, 0.3) is 0 Å². The van der Waals surface area contributed by atoms with Crippen LogP contribution in [0, 0.1) is 6.92 Å². The summed E-state index contributed by atoms with van der Waals surface area (Å²) in [5, 5.41) is 3.47. The summed E-state index contributed by atoms with van der Waals surface area (Å²) in [5.41, 5.74) is 1.45. The molecule has 3 aromatic rings. The first-order valence-electron chi connectivity index (χ1n) is 10.7. The lowest BCUT2D eigenvalue weighted by Crippen LogP contribution is -2.45. The Hall–Kier alpha value is -3.00. The van der Waals surface area contributed by atoms with E-state index < -0.39 is 6.03 Å². The molecule has 0 radical (unpaired) electrons. The Labute approximate surface area is 209 Å². The molecule has 0 spiro atoms. The lowest BCUT2D eigenvalue weighted by Gasteiger charge is -2.27. The number of hydrogen-bond acceptors (Lipinski definition) is 4. The van der Waals surface area contributed by atoms with Crippen LogP contribution in [0.2, 0.25) is 10.0 Å². The summed E-state index contributed by atoms with van der Waals surface area (Å²) in [7, 11) is 1.54. The van der Waals surface area contributed by atoms with Crippen molar-refractivity contribution in [2.75, 3.05) is 32.1 Å². The molecular weight excluding hydrogens is 477 g/mol. The van der Waals surface area contributed by atoms with Crippen LogP contribution >= 0.6 is 23.2 Å². The summed E-state index contributed by atoms with van der Waals surface area (Å²) in [4.78, 5) is 29.4. The van der Waals surface area contributed by atoms with Crippen LogP contribution in [0.1, 0.15) is 17.1 Å². The van der Waals surface area contributed by atoms with Crippen molar-refractivity contribution in [3.63, 3.8) is 0 Å². The van der Waals surface area contributed by atoms with E-state index in [1.54, 1.807) is 23.1 Å². The maximum atomic E-state index is 13.4. The quantitative estimate of drug-likeness (QED) is 0.390. The fourth-order valence-corrected chi connectivity index (χ4v) is 3.59. The molecule has 0 bridgehead atoms. The van der Waals surface area contributed by atoms with Crippen molar-refractivity contribution in [3.05, 3.63) is 87.8 Å². The van der Waals surface area contributed by atoms with Gasteiger partial charge in [0.2, 0.25) is 5.91 Å². The number of aryl methyl sites for hydroxylation is 1. The van der Waals surface area contributed by atoms with Crippen LogP contribution in [0.4, 0.5) is 10.5 Å². The van der Waals surface area contributed by atoms with E-state index in [1.165, 1.54) is 12.0 Å². The Bertz CT molecular complexity index is 1100. The Morgan fingerprint density at radius 1 is 0.971 bits per heavy atom. The molecule has 3 rings (SSSR count). The van der Waals surface area contributed by atoms with Crippen molar-refractivity contribution in [2.45, 2.75) is 20.0 Å². The van der Waals surface area contributed by atoms with Gasteiger partial charge < -0.3 is 24.3 Å². The molecule has 0 unspecified atom stereocenters. The lowest BCUT2D eigenvalue weighted by molar-refractivity contribution is -0.133. The molecule has 0 aliphatic carbocycles. The zero-order valence-electron chi connectivity index (χ0n) is 19.1. The molecule has 9 heteroatoms. The molecule has 0 aliphatic rings. The minimum absolute atomic E-state index is 0.136. The molecule has 0 atom stereocenters. The molecule has 1 aromatic heterocycles. The van der Waals surface area contributed by atoms with Crippen LogP contribution in [-0.2, 0) is 22.6 Å².